The minimum absolute atomic E-state index is 0.159. The topological polar surface area (TPSA) is 111 Å². The first-order valence-electron chi connectivity index (χ1n) is 8.26. The van der Waals surface area contributed by atoms with Crippen LogP contribution in [0, 0.1) is 0 Å². The highest BCUT2D eigenvalue weighted by molar-refractivity contribution is 6.32. The van der Waals surface area contributed by atoms with Crippen molar-refractivity contribution in [2.45, 2.75) is 25.3 Å². The maximum Gasteiger partial charge on any atom is 0.396 e. The molecule has 0 aliphatic carbocycles. The first-order chi connectivity index (χ1) is 12.9. The lowest BCUT2D eigenvalue weighted by Crippen LogP contribution is -2.44. The molecular weight excluding hydrogens is 356 g/mol. The molecule has 0 spiro atoms. The molecule has 0 radical (unpaired) electrons. The summed E-state index contributed by atoms with van der Waals surface area (Å²) in [4.78, 5) is 51.7. The van der Waals surface area contributed by atoms with Gasteiger partial charge in [-0.15, -0.1) is 0 Å². The van der Waals surface area contributed by atoms with Crippen molar-refractivity contribution in [2.75, 3.05) is 27.9 Å². The van der Waals surface area contributed by atoms with Crippen LogP contribution in [-0.2, 0) is 39.9 Å². The summed E-state index contributed by atoms with van der Waals surface area (Å²) in [6, 6.07) is 8.53. The molecule has 9 nitrogen and oxygen atoms in total. The minimum Gasteiger partial charge on any atom is -0.465 e. The van der Waals surface area contributed by atoms with Crippen molar-refractivity contribution < 1.29 is 33.5 Å². The summed E-state index contributed by atoms with van der Waals surface area (Å²) in [7, 11) is 3.75. The van der Waals surface area contributed by atoms with Crippen LogP contribution in [0.25, 0.3) is 0 Å². The Hall–Kier alpha value is -2.94. The predicted molar refractivity (Wildman–Crippen MR) is 94.1 cm³/mol. The number of ether oxygens (including phenoxy) is 2. The van der Waals surface area contributed by atoms with E-state index in [1.165, 1.54) is 14.2 Å². The lowest BCUT2D eigenvalue weighted by molar-refractivity contribution is -0.169. The maximum absolute atomic E-state index is 12.0. The number of rotatable bonds is 9. The fourth-order valence-corrected chi connectivity index (χ4v) is 2.14. The van der Waals surface area contributed by atoms with E-state index in [9.17, 15) is 19.2 Å². The molecule has 0 aliphatic heterocycles. The summed E-state index contributed by atoms with van der Waals surface area (Å²) in [5.41, 5.74) is 1.01. The van der Waals surface area contributed by atoms with Gasteiger partial charge in [0.2, 0.25) is 5.91 Å². The molecule has 27 heavy (non-hydrogen) atoms. The first kappa shape index (κ1) is 22.1. The van der Waals surface area contributed by atoms with E-state index in [0.717, 1.165) is 17.7 Å². The zero-order chi connectivity index (χ0) is 20.2. The predicted octanol–water partition coefficient (Wildman–Crippen LogP) is 0.230. The molecule has 0 fully saturated rings. The van der Waals surface area contributed by atoms with Crippen molar-refractivity contribution in [2.24, 2.45) is 0 Å². The molecule has 1 rings (SSSR count). The van der Waals surface area contributed by atoms with Gasteiger partial charge < -0.3 is 14.8 Å². The Morgan fingerprint density at radius 1 is 1.07 bits per heavy atom. The van der Waals surface area contributed by atoms with Crippen molar-refractivity contribution in [3.05, 3.63) is 35.9 Å². The minimum atomic E-state index is -1.12. The Labute approximate surface area is 157 Å². The second-order valence-electron chi connectivity index (χ2n) is 5.60. The summed E-state index contributed by atoms with van der Waals surface area (Å²) in [5.74, 6) is -3.25. The highest BCUT2D eigenvalue weighted by Crippen LogP contribution is 2.06. The van der Waals surface area contributed by atoms with Gasteiger partial charge in [-0.25, -0.2) is 9.86 Å². The number of hydroxylamine groups is 2. The lowest BCUT2D eigenvalue weighted by atomic mass is 10.1. The molecule has 1 aromatic carbocycles. The summed E-state index contributed by atoms with van der Waals surface area (Å²) >= 11 is 0. The zero-order valence-electron chi connectivity index (χ0n) is 15.6. The molecule has 0 bridgehead atoms. The summed E-state index contributed by atoms with van der Waals surface area (Å²) in [5, 5.41) is 3.26. The number of carbonyl (C=O) groups is 4. The molecule has 0 saturated carbocycles. The largest absolute Gasteiger partial charge is 0.465 e. The Kier molecular flexibility index (Phi) is 9.52. The number of nitrogens with one attached hydrogen (secondary N) is 1. The molecule has 9 heteroatoms. The molecule has 0 saturated heterocycles. The fourth-order valence-electron chi connectivity index (χ4n) is 2.14. The van der Waals surface area contributed by atoms with Crippen molar-refractivity contribution in [1.82, 2.24) is 10.4 Å². The van der Waals surface area contributed by atoms with E-state index in [1.807, 2.05) is 30.3 Å². The standard InChI is InChI=1S/C18H24N2O7/c1-20(26-3)15(21)11-14(19-17(23)18(24)25-2)12-16(22)27-10-9-13-7-5-4-6-8-13/h4-8,14H,9-12H2,1-3H3,(H,19,23). The SMILES string of the molecule is COC(=O)C(=O)NC(CC(=O)OCCc1ccccc1)CC(=O)N(C)OC. The number of benzene rings is 1. The molecule has 0 heterocycles. The van der Waals surface area contributed by atoms with Crippen molar-refractivity contribution >= 4 is 23.8 Å². The van der Waals surface area contributed by atoms with Gasteiger partial charge in [0.1, 0.15) is 0 Å². The zero-order valence-corrected chi connectivity index (χ0v) is 15.6. The third-order valence-corrected chi connectivity index (χ3v) is 3.66. The van der Waals surface area contributed by atoms with Gasteiger partial charge in [-0.1, -0.05) is 30.3 Å². The van der Waals surface area contributed by atoms with Crippen molar-refractivity contribution in [3.63, 3.8) is 0 Å². The molecule has 1 N–H and O–H groups in total. The van der Waals surface area contributed by atoms with Crippen molar-refractivity contribution in [3.8, 4) is 0 Å². The number of amides is 2. The van der Waals surface area contributed by atoms with Gasteiger partial charge in [0, 0.05) is 25.9 Å². The van der Waals surface area contributed by atoms with Crippen LogP contribution in [0.2, 0.25) is 0 Å². The number of hydrogen-bond donors (Lipinski definition) is 1. The quantitative estimate of drug-likeness (QED) is 0.371. The summed E-state index contributed by atoms with van der Waals surface area (Å²) in [6.45, 7) is 0.159. The molecule has 148 valence electrons. The number of hydrogen-bond acceptors (Lipinski definition) is 7. The number of nitrogens with zero attached hydrogens (tertiary/aromatic N) is 1. The lowest BCUT2D eigenvalue weighted by Gasteiger charge is -2.20. The van der Waals surface area contributed by atoms with Crippen LogP contribution in [0.1, 0.15) is 18.4 Å². The molecule has 1 atom stereocenters. The van der Waals surface area contributed by atoms with Gasteiger partial charge >= 0.3 is 17.8 Å². The van der Waals surface area contributed by atoms with Crippen LogP contribution >= 0.6 is 0 Å². The summed E-state index contributed by atoms with van der Waals surface area (Å²) in [6.07, 6.45) is 0.0127. The Balaban J connectivity index is 2.59. The summed E-state index contributed by atoms with van der Waals surface area (Å²) < 4.78 is 9.47. The Morgan fingerprint density at radius 2 is 1.74 bits per heavy atom. The molecule has 0 aromatic heterocycles. The second kappa shape index (κ2) is 11.6. The van der Waals surface area contributed by atoms with E-state index in [0.29, 0.717) is 6.42 Å². The monoisotopic (exact) mass is 380 g/mol. The van der Waals surface area contributed by atoms with E-state index in [1.54, 1.807) is 0 Å². The molecule has 2 amide bonds. The van der Waals surface area contributed by atoms with Gasteiger partial charge in [0.05, 0.1) is 27.2 Å². The van der Waals surface area contributed by atoms with Crippen LogP contribution in [0.5, 0.6) is 0 Å². The van der Waals surface area contributed by atoms with Gasteiger partial charge in [0.15, 0.2) is 0 Å². The van der Waals surface area contributed by atoms with Gasteiger partial charge in [-0.3, -0.25) is 19.2 Å². The highest BCUT2D eigenvalue weighted by atomic mass is 16.7. The second-order valence-corrected chi connectivity index (χ2v) is 5.60. The van der Waals surface area contributed by atoms with Crippen LogP contribution in [0.4, 0.5) is 0 Å². The fraction of sp³-hybridized carbons (Fsp3) is 0.444. The van der Waals surface area contributed by atoms with Crippen LogP contribution in [0.15, 0.2) is 30.3 Å². The van der Waals surface area contributed by atoms with Gasteiger partial charge in [-0.05, 0) is 5.56 Å². The van der Waals surface area contributed by atoms with E-state index >= 15 is 0 Å². The van der Waals surface area contributed by atoms with E-state index in [4.69, 9.17) is 9.57 Å². The third-order valence-electron chi connectivity index (χ3n) is 3.66. The maximum atomic E-state index is 12.0. The average molecular weight is 380 g/mol. The number of esters is 2. The smallest absolute Gasteiger partial charge is 0.396 e. The Morgan fingerprint density at radius 3 is 2.33 bits per heavy atom. The highest BCUT2D eigenvalue weighted by Gasteiger charge is 2.25. The van der Waals surface area contributed by atoms with E-state index in [-0.39, 0.29) is 19.4 Å². The van der Waals surface area contributed by atoms with E-state index in [2.05, 4.69) is 10.1 Å². The van der Waals surface area contributed by atoms with E-state index < -0.39 is 29.8 Å². The number of methoxy groups -OCH3 is 1. The molecule has 1 aromatic rings. The van der Waals surface area contributed by atoms with Crippen LogP contribution in [0.3, 0.4) is 0 Å². The average Bonchev–Trinajstić information content (AvgIpc) is 2.67. The van der Waals surface area contributed by atoms with Gasteiger partial charge in [-0.2, -0.15) is 0 Å². The molecule has 0 aliphatic rings. The normalized spacial score (nSPS) is 11.2. The Bertz CT molecular complexity index is 648. The molecular formula is C18H24N2O7. The first-order valence-corrected chi connectivity index (χ1v) is 8.26. The molecule has 1 unspecified atom stereocenters. The number of carbonyl (C=O) groups excluding carboxylic acids is 4. The van der Waals surface area contributed by atoms with Crippen LogP contribution < -0.4 is 5.32 Å². The third kappa shape index (κ3) is 8.32. The van der Waals surface area contributed by atoms with Gasteiger partial charge in [0.25, 0.3) is 0 Å². The van der Waals surface area contributed by atoms with Crippen molar-refractivity contribution in [1.29, 1.82) is 0 Å². The van der Waals surface area contributed by atoms with Crippen LogP contribution in [-0.4, -0.2) is 62.7 Å².